The van der Waals surface area contributed by atoms with E-state index < -0.39 is 23.0 Å². The van der Waals surface area contributed by atoms with E-state index in [0.717, 1.165) is 28.9 Å². The lowest BCUT2D eigenvalue weighted by atomic mass is 10.0. The fourth-order valence-electron chi connectivity index (χ4n) is 4.44. The molecule has 1 aliphatic rings. The van der Waals surface area contributed by atoms with Crippen LogP contribution in [-0.2, 0) is 6.18 Å². The van der Waals surface area contributed by atoms with Gasteiger partial charge in [0.25, 0.3) is 0 Å². The number of nitrogens with one attached hydrogen (secondary N) is 1. The van der Waals surface area contributed by atoms with E-state index in [4.69, 9.17) is 37.6 Å². The highest BCUT2D eigenvalue weighted by Gasteiger charge is 2.48. The van der Waals surface area contributed by atoms with Crippen LogP contribution in [0.5, 0.6) is 0 Å². The number of anilines is 3. The van der Waals surface area contributed by atoms with Crippen molar-refractivity contribution in [1.29, 1.82) is 0 Å². The molecule has 0 amide bonds. The van der Waals surface area contributed by atoms with Crippen LogP contribution in [0.3, 0.4) is 0 Å². The predicted molar refractivity (Wildman–Crippen MR) is 162 cm³/mol. The minimum atomic E-state index is -4.70. The van der Waals surface area contributed by atoms with E-state index in [9.17, 15) is 13.2 Å². The second-order valence-corrected chi connectivity index (χ2v) is 10.4. The Hall–Kier alpha value is -4.32. The van der Waals surface area contributed by atoms with Gasteiger partial charge in [-0.1, -0.05) is 29.8 Å². The molecule has 1 N–H and O–H groups in total. The van der Waals surface area contributed by atoms with Gasteiger partial charge in [0, 0.05) is 17.1 Å². The highest BCUT2D eigenvalue weighted by atomic mass is 32.1. The number of amidine groups is 1. The molecule has 0 spiro atoms. The monoisotopic (exact) mass is 576 g/mol. The molecule has 1 saturated heterocycles. The number of alkyl halides is 3. The van der Waals surface area contributed by atoms with Gasteiger partial charge in [0.15, 0.2) is 21.6 Å². The first-order valence-electron chi connectivity index (χ1n) is 12.0. The fraction of sp³-hybridized carbons (Fsp3) is 0.207. The van der Waals surface area contributed by atoms with E-state index in [0.29, 0.717) is 22.3 Å². The number of hydrogen-bond donors (Lipinski definition) is 1. The zero-order chi connectivity index (χ0) is 29.4. The summed E-state index contributed by atoms with van der Waals surface area (Å²) >= 11 is 11.4. The van der Waals surface area contributed by atoms with Gasteiger partial charge in [0.2, 0.25) is 0 Å². The average Bonchev–Trinajstić information content (AvgIpc) is 3.08. The second-order valence-electron chi connectivity index (χ2n) is 9.64. The first-order chi connectivity index (χ1) is 18.8. The molecule has 3 aromatic rings. The number of benzene rings is 3. The summed E-state index contributed by atoms with van der Waals surface area (Å²) in [6.07, 6.45) is -4.70. The van der Waals surface area contributed by atoms with Crippen molar-refractivity contribution in [3.63, 3.8) is 0 Å². The molecule has 0 aromatic heterocycles. The minimum absolute atomic E-state index is 0.0478. The highest BCUT2D eigenvalue weighted by Crippen LogP contribution is 2.40. The molecule has 6 nitrogen and oxygen atoms in total. The molecule has 0 bridgehead atoms. The Bertz CT molecular complexity index is 1630. The molecule has 0 aliphatic carbocycles. The number of aliphatic imine (C=N–C) groups is 1. The third-order valence-corrected chi connectivity index (χ3v) is 6.99. The summed E-state index contributed by atoms with van der Waals surface area (Å²) in [5.41, 5.74) is 1.48. The average molecular weight is 577 g/mol. The molecule has 0 unspecified atom stereocenters. The predicted octanol–water partition coefficient (Wildman–Crippen LogP) is 8.61. The van der Waals surface area contributed by atoms with Crippen molar-refractivity contribution >= 4 is 68.9 Å². The van der Waals surface area contributed by atoms with Crippen molar-refractivity contribution in [3.05, 3.63) is 100 Å². The zero-order valence-electron chi connectivity index (χ0n) is 22.0. The van der Waals surface area contributed by atoms with Crippen molar-refractivity contribution in [2.75, 3.05) is 15.1 Å². The van der Waals surface area contributed by atoms with Gasteiger partial charge < -0.3 is 10.2 Å². The van der Waals surface area contributed by atoms with E-state index in [1.165, 1.54) is 6.07 Å². The Morgan fingerprint density at radius 2 is 1.52 bits per heavy atom. The molecule has 3 aromatic carbocycles. The Kier molecular flexibility index (Phi) is 7.66. The van der Waals surface area contributed by atoms with Crippen LogP contribution in [0.1, 0.15) is 30.5 Å². The number of hydrogen-bond acceptors (Lipinski definition) is 2. The zero-order valence-corrected chi connectivity index (χ0v) is 23.6. The minimum Gasteiger partial charge on any atom is -0.331 e. The van der Waals surface area contributed by atoms with Crippen LogP contribution in [0, 0.1) is 27.0 Å². The summed E-state index contributed by atoms with van der Waals surface area (Å²) < 4.78 is 40.5. The van der Waals surface area contributed by atoms with Gasteiger partial charge in [-0.25, -0.2) is 14.7 Å². The van der Waals surface area contributed by atoms with Gasteiger partial charge in [-0.2, -0.15) is 13.2 Å². The molecule has 1 aliphatic heterocycles. The normalized spacial score (nSPS) is 15.6. The summed E-state index contributed by atoms with van der Waals surface area (Å²) in [7, 11) is 0. The van der Waals surface area contributed by atoms with Crippen LogP contribution in [0.25, 0.3) is 9.69 Å². The van der Waals surface area contributed by atoms with Gasteiger partial charge in [-0.15, -0.1) is 0 Å². The molecular formula is C29H23F3N6S2. The second kappa shape index (κ2) is 10.7. The summed E-state index contributed by atoms with van der Waals surface area (Å²) in [6, 6.07) is 16.4. The Morgan fingerprint density at radius 1 is 0.925 bits per heavy atom. The molecule has 0 atom stereocenters. The lowest BCUT2D eigenvalue weighted by Crippen LogP contribution is -2.45. The molecule has 0 saturated carbocycles. The largest absolute Gasteiger partial charge is 0.407 e. The molecular weight excluding hydrogens is 553 g/mol. The molecule has 4 rings (SSSR count). The van der Waals surface area contributed by atoms with Crippen LogP contribution in [0.2, 0.25) is 0 Å². The maximum atomic E-state index is 13.5. The molecule has 11 heteroatoms. The topological polar surface area (TPSA) is 39.6 Å². The number of rotatable bonds is 3. The third kappa shape index (κ3) is 5.39. The maximum absolute atomic E-state index is 13.5. The van der Waals surface area contributed by atoms with Crippen LogP contribution < -0.4 is 15.1 Å². The van der Waals surface area contributed by atoms with Gasteiger partial charge in [-0.05, 0) is 94.1 Å². The molecule has 202 valence electrons. The van der Waals surface area contributed by atoms with E-state index >= 15 is 0 Å². The summed E-state index contributed by atoms with van der Waals surface area (Å²) in [5.74, 6) is 0.444. The van der Waals surface area contributed by atoms with Crippen LogP contribution in [-0.4, -0.2) is 21.6 Å². The Morgan fingerprint density at radius 3 is 2.10 bits per heavy atom. The van der Waals surface area contributed by atoms with E-state index in [1.807, 2.05) is 62.9 Å². The summed E-state index contributed by atoms with van der Waals surface area (Å²) in [5, 5.41) is 3.10. The van der Waals surface area contributed by atoms with Crippen molar-refractivity contribution in [1.82, 2.24) is 0 Å². The van der Waals surface area contributed by atoms with Crippen molar-refractivity contribution in [2.24, 2.45) is 4.99 Å². The first-order valence-corrected chi connectivity index (χ1v) is 12.8. The summed E-state index contributed by atoms with van der Waals surface area (Å²) in [4.78, 5) is 14.9. The number of thiocarbonyl (C=S) groups is 2. The summed E-state index contributed by atoms with van der Waals surface area (Å²) in [6.45, 7) is 22.1. The van der Waals surface area contributed by atoms with E-state index in [2.05, 4.69) is 20.0 Å². The van der Waals surface area contributed by atoms with Crippen molar-refractivity contribution in [2.45, 2.75) is 39.4 Å². The van der Waals surface area contributed by atoms with E-state index in [1.54, 1.807) is 17.0 Å². The van der Waals surface area contributed by atoms with E-state index in [-0.39, 0.29) is 10.8 Å². The molecule has 0 radical (unpaired) electrons. The van der Waals surface area contributed by atoms with Gasteiger partial charge >= 0.3 is 6.18 Å². The SMILES string of the molecule is [C-]#[N+]c1ccc(N2C(=S)N(c3ccc(C)cc3)C(C)(C)C2=NC(=S)Nc2ccc([N+]#[C-])c(C(F)(F)F)c2)cc1C. The third-order valence-electron chi connectivity index (χ3n) is 6.43. The maximum Gasteiger partial charge on any atom is 0.407 e. The van der Waals surface area contributed by atoms with Gasteiger partial charge in [0.1, 0.15) is 11.4 Å². The van der Waals surface area contributed by atoms with Crippen LogP contribution >= 0.6 is 24.4 Å². The number of halogens is 3. The highest BCUT2D eigenvalue weighted by molar-refractivity contribution is 7.81. The van der Waals surface area contributed by atoms with Crippen molar-refractivity contribution < 1.29 is 13.2 Å². The fourth-order valence-corrected chi connectivity index (χ4v) is 5.17. The molecule has 1 heterocycles. The van der Waals surface area contributed by atoms with Gasteiger partial charge in [-0.3, -0.25) is 4.90 Å². The molecule has 1 fully saturated rings. The lowest BCUT2D eigenvalue weighted by Gasteiger charge is -2.31. The Labute approximate surface area is 241 Å². The quantitative estimate of drug-likeness (QED) is 0.250. The Balaban J connectivity index is 1.80. The lowest BCUT2D eigenvalue weighted by molar-refractivity contribution is -0.136. The number of nitrogens with zero attached hydrogens (tertiary/aromatic N) is 5. The first kappa shape index (κ1) is 28.7. The number of aryl methyl sites for hydroxylation is 2. The standard InChI is InChI=1S/C29H23F3N6S2/c1-17-7-10-20(11-8-17)38-27(40)37(21-12-14-23(33-5)18(2)15-21)25(28(38,3)4)36-26(39)35-19-9-13-24(34-6)22(16-19)29(30,31)32/h7-16H,1-4H3,(H,35,39). The van der Waals surface area contributed by atoms with Gasteiger partial charge in [0.05, 0.1) is 18.7 Å². The van der Waals surface area contributed by atoms with Crippen molar-refractivity contribution in [3.8, 4) is 0 Å². The van der Waals surface area contributed by atoms with Crippen LogP contribution in [0.15, 0.2) is 65.7 Å². The van der Waals surface area contributed by atoms with Crippen LogP contribution in [0.4, 0.5) is 41.6 Å². The molecule has 40 heavy (non-hydrogen) atoms. The smallest absolute Gasteiger partial charge is 0.331 e.